The average molecular weight is 275 g/mol. The Morgan fingerprint density at radius 3 is 3.00 bits per heavy atom. The molecule has 0 atom stereocenters. The van der Waals surface area contributed by atoms with Crippen molar-refractivity contribution in [1.29, 1.82) is 0 Å². The molecule has 0 aliphatic heterocycles. The van der Waals surface area contributed by atoms with E-state index in [0.717, 1.165) is 10.7 Å². The highest BCUT2D eigenvalue weighted by molar-refractivity contribution is 7.15. The summed E-state index contributed by atoms with van der Waals surface area (Å²) in [5.74, 6) is 0.683. The van der Waals surface area contributed by atoms with Crippen molar-refractivity contribution >= 4 is 22.4 Å². The van der Waals surface area contributed by atoms with Crippen LogP contribution in [0.25, 0.3) is 11.0 Å². The van der Waals surface area contributed by atoms with Crippen LogP contribution >= 0.6 is 11.3 Å². The van der Waals surface area contributed by atoms with E-state index in [1.54, 1.807) is 11.3 Å². The van der Waals surface area contributed by atoms with Crippen molar-refractivity contribution in [1.82, 2.24) is 9.38 Å². The molecular formula is C15H21N3S. The third-order valence-electron chi connectivity index (χ3n) is 4.17. The number of nitrogens with two attached hydrogens (primary N) is 1. The topological polar surface area (TPSA) is 43.3 Å². The Hall–Kier alpha value is -1.13. The second kappa shape index (κ2) is 5.47. The number of imidazole rings is 1. The van der Waals surface area contributed by atoms with Crippen molar-refractivity contribution in [3.8, 4) is 0 Å². The lowest BCUT2D eigenvalue weighted by Gasteiger charge is -2.23. The van der Waals surface area contributed by atoms with E-state index in [1.807, 2.05) is 0 Å². The van der Waals surface area contributed by atoms with Crippen LogP contribution < -0.4 is 5.73 Å². The van der Waals surface area contributed by atoms with Crippen molar-refractivity contribution in [3.05, 3.63) is 28.5 Å². The molecule has 102 valence electrons. The summed E-state index contributed by atoms with van der Waals surface area (Å²) < 4.78 is 2.18. The third-order valence-corrected chi connectivity index (χ3v) is 4.93. The molecular weight excluding hydrogens is 254 g/mol. The van der Waals surface area contributed by atoms with Gasteiger partial charge in [0.2, 0.25) is 0 Å². The molecule has 0 aromatic carbocycles. The van der Waals surface area contributed by atoms with E-state index in [9.17, 15) is 0 Å². The summed E-state index contributed by atoms with van der Waals surface area (Å²) in [4.78, 5) is 5.67. The third kappa shape index (κ3) is 2.47. The highest BCUT2D eigenvalue weighted by Gasteiger charge is 2.18. The quantitative estimate of drug-likeness (QED) is 0.929. The number of nitrogens with zero attached hydrogens (tertiary/aromatic N) is 2. The number of thiazole rings is 1. The van der Waals surface area contributed by atoms with Gasteiger partial charge in [0.15, 0.2) is 4.96 Å². The predicted octanol–water partition coefficient (Wildman–Crippen LogP) is 3.63. The molecule has 2 aromatic rings. The van der Waals surface area contributed by atoms with Gasteiger partial charge in [-0.3, -0.25) is 4.40 Å². The molecule has 2 aromatic heterocycles. The number of aryl methyl sites for hydroxylation is 1. The molecule has 0 bridgehead atoms. The van der Waals surface area contributed by atoms with Gasteiger partial charge < -0.3 is 5.73 Å². The van der Waals surface area contributed by atoms with Crippen molar-refractivity contribution in [2.24, 2.45) is 11.7 Å². The summed E-state index contributed by atoms with van der Waals surface area (Å²) in [6.07, 6.45) is 11.1. The SMILES string of the molecule is Cc1nc2sccn2c1C=C(CN)C1CCCCC1. The van der Waals surface area contributed by atoms with Crippen LogP contribution in [0.2, 0.25) is 0 Å². The zero-order valence-corrected chi connectivity index (χ0v) is 12.2. The number of rotatable bonds is 3. The molecule has 3 rings (SSSR count). The molecule has 0 spiro atoms. The first-order chi connectivity index (χ1) is 9.29. The van der Waals surface area contributed by atoms with Gasteiger partial charge in [-0.2, -0.15) is 0 Å². The molecule has 1 aliphatic carbocycles. The first-order valence-electron chi connectivity index (χ1n) is 7.12. The smallest absolute Gasteiger partial charge is 0.194 e. The summed E-state index contributed by atoms with van der Waals surface area (Å²) in [5.41, 5.74) is 9.71. The Bertz CT molecular complexity index is 588. The minimum absolute atomic E-state index is 0.668. The van der Waals surface area contributed by atoms with Gasteiger partial charge in [-0.05, 0) is 31.8 Å². The van der Waals surface area contributed by atoms with E-state index >= 15 is 0 Å². The van der Waals surface area contributed by atoms with Crippen LogP contribution in [0.15, 0.2) is 17.2 Å². The van der Waals surface area contributed by atoms with Crippen molar-refractivity contribution < 1.29 is 0 Å². The summed E-state index contributed by atoms with van der Waals surface area (Å²) >= 11 is 1.68. The van der Waals surface area contributed by atoms with E-state index in [0.29, 0.717) is 12.5 Å². The molecule has 1 fully saturated rings. The van der Waals surface area contributed by atoms with Gasteiger partial charge >= 0.3 is 0 Å². The lowest BCUT2D eigenvalue weighted by molar-refractivity contribution is 0.401. The molecule has 1 saturated carbocycles. The summed E-state index contributed by atoms with van der Waals surface area (Å²) in [7, 11) is 0. The van der Waals surface area contributed by atoms with E-state index in [-0.39, 0.29) is 0 Å². The lowest BCUT2D eigenvalue weighted by atomic mass is 9.83. The van der Waals surface area contributed by atoms with Crippen LogP contribution in [-0.2, 0) is 0 Å². The van der Waals surface area contributed by atoms with Crippen molar-refractivity contribution in [3.63, 3.8) is 0 Å². The van der Waals surface area contributed by atoms with Crippen LogP contribution in [-0.4, -0.2) is 15.9 Å². The Balaban J connectivity index is 1.97. The Kier molecular flexibility index (Phi) is 3.71. The fourth-order valence-corrected chi connectivity index (χ4v) is 3.84. The van der Waals surface area contributed by atoms with Gasteiger partial charge in [0.25, 0.3) is 0 Å². The van der Waals surface area contributed by atoms with Crippen molar-refractivity contribution in [2.75, 3.05) is 6.54 Å². The Morgan fingerprint density at radius 2 is 2.26 bits per heavy atom. The molecule has 1 aliphatic rings. The first-order valence-corrected chi connectivity index (χ1v) is 8.00. The van der Waals surface area contributed by atoms with Crippen LogP contribution in [0.4, 0.5) is 0 Å². The highest BCUT2D eigenvalue weighted by atomic mass is 32.1. The van der Waals surface area contributed by atoms with Crippen molar-refractivity contribution in [2.45, 2.75) is 39.0 Å². The average Bonchev–Trinajstić information content (AvgIpc) is 2.99. The molecule has 0 saturated heterocycles. The summed E-state index contributed by atoms with van der Waals surface area (Å²) in [5, 5.41) is 2.09. The van der Waals surface area contributed by atoms with Gasteiger partial charge in [0.1, 0.15) is 0 Å². The zero-order chi connectivity index (χ0) is 13.2. The molecule has 2 heterocycles. The van der Waals surface area contributed by atoms with Crippen LogP contribution in [0, 0.1) is 12.8 Å². The largest absolute Gasteiger partial charge is 0.327 e. The predicted molar refractivity (Wildman–Crippen MR) is 81.4 cm³/mol. The maximum absolute atomic E-state index is 5.99. The molecule has 0 amide bonds. The van der Waals surface area contributed by atoms with E-state index in [2.05, 4.69) is 34.0 Å². The Morgan fingerprint density at radius 1 is 1.47 bits per heavy atom. The monoisotopic (exact) mass is 275 g/mol. The molecule has 19 heavy (non-hydrogen) atoms. The number of hydrogen-bond acceptors (Lipinski definition) is 3. The van der Waals surface area contributed by atoms with Gasteiger partial charge in [-0.1, -0.05) is 24.8 Å². The summed E-state index contributed by atoms with van der Waals surface area (Å²) in [6, 6.07) is 0. The molecule has 0 radical (unpaired) electrons. The lowest BCUT2D eigenvalue weighted by Crippen LogP contribution is -2.16. The van der Waals surface area contributed by atoms with Crippen LogP contribution in [0.3, 0.4) is 0 Å². The fourth-order valence-electron chi connectivity index (χ4n) is 3.08. The maximum Gasteiger partial charge on any atom is 0.194 e. The van der Waals surface area contributed by atoms with Gasteiger partial charge in [0.05, 0.1) is 11.4 Å². The number of fused-ring (bicyclic) bond motifs is 1. The first kappa shape index (κ1) is 12.9. The van der Waals surface area contributed by atoms with Gasteiger partial charge in [-0.25, -0.2) is 4.98 Å². The Labute approximate surface area is 118 Å². The second-order valence-electron chi connectivity index (χ2n) is 5.40. The maximum atomic E-state index is 5.99. The molecule has 4 heteroatoms. The van der Waals surface area contributed by atoms with Crippen LogP contribution in [0.1, 0.15) is 43.5 Å². The number of aromatic nitrogens is 2. The minimum atomic E-state index is 0.668. The molecule has 0 unspecified atom stereocenters. The zero-order valence-electron chi connectivity index (χ0n) is 11.4. The van der Waals surface area contributed by atoms with Gasteiger partial charge in [0, 0.05) is 18.1 Å². The van der Waals surface area contributed by atoms with Crippen LogP contribution in [0.5, 0.6) is 0 Å². The second-order valence-corrected chi connectivity index (χ2v) is 6.27. The highest BCUT2D eigenvalue weighted by Crippen LogP contribution is 2.31. The fraction of sp³-hybridized carbons (Fsp3) is 0.533. The normalized spacial score (nSPS) is 18.3. The summed E-state index contributed by atoms with van der Waals surface area (Å²) in [6.45, 7) is 2.75. The standard InChI is InChI=1S/C15H21N3S/c1-11-14(18-7-8-19-15(18)17-11)9-13(10-16)12-5-3-2-4-6-12/h7-9,12H,2-6,10,16H2,1H3. The molecule has 2 N–H and O–H groups in total. The number of hydrogen-bond donors (Lipinski definition) is 1. The van der Waals surface area contributed by atoms with E-state index in [4.69, 9.17) is 5.73 Å². The molecule has 3 nitrogen and oxygen atoms in total. The minimum Gasteiger partial charge on any atom is -0.327 e. The van der Waals surface area contributed by atoms with Gasteiger partial charge in [-0.15, -0.1) is 11.3 Å². The van der Waals surface area contributed by atoms with E-state index in [1.165, 1.54) is 43.4 Å². The van der Waals surface area contributed by atoms with E-state index < -0.39 is 0 Å².